The fourth-order valence-electron chi connectivity index (χ4n) is 3.21. The van der Waals surface area contributed by atoms with E-state index in [4.69, 9.17) is 4.74 Å². The van der Waals surface area contributed by atoms with Crippen molar-refractivity contribution in [2.45, 2.75) is 33.4 Å². The van der Waals surface area contributed by atoms with Gasteiger partial charge in [0.05, 0.1) is 19.1 Å². The zero-order valence-corrected chi connectivity index (χ0v) is 20.9. The van der Waals surface area contributed by atoms with Gasteiger partial charge < -0.3 is 15.0 Å². The lowest BCUT2D eigenvalue weighted by atomic mass is 10.1. The van der Waals surface area contributed by atoms with Crippen molar-refractivity contribution < 1.29 is 27.1 Å². The molecule has 2 rings (SSSR count). The second-order valence-corrected chi connectivity index (χ2v) is 10.3. The minimum Gasteiger partial charge on any atom is -0.497 e. The number of hydrogen-bond donors (Lipinski definition) is 1. The third kappa shape index (κ3) is 7.72. The first-order chi connectivity index (χ1) is 15.9. The lowest BCUT2D eigenvalue weighted by Gasteiger charge is -2.31. The molecular formula is C24H32FN3O5S. The monoisotopic (exact) mass is 493 g/mol. The van der Waals surface area contributed by atoms with E-state index in [1.54, 1.807) is 31.2 Å². The standard InChI is InChI=1S/C24H32FN3O5S/c1-17(2)14-26-24(30)18(3)27(15-19-9-11-22(33-4)12-10-19)23(29)16-28(34(5,31)32)21-8-6-7-20(25)13-21/h6-13,17-18H,14-16H2,1-5H3,(H,26,30). The van der Waals surface area contributed by atoms with Crippen molar-refractivity contribution in [3.63, 3.8) is 0 Å². The van der Waals surface area contributed by atoms with Crippen molar-refractivity contribution in [1.82, 2.24) is 10.2 Å². The molecule has 1 atom stereocenters. The van der Waals surface area contributed by atoms with E-state index in [1.165, 1.54) is 30.2 Å². The summed E-state index contributed by atoms with van der Waals surface area (Å²) in [5.41, 5.74) is 0.756. The van der Waals surface area contributed by atoms with Gasteiger partial charge in [-0.25, -0.2) is 12.8 Å². The molecule has 0 aliphatic carbocycles. The Bertz CT molecular complexity index is 1090. The van der Waals surface area contributed by atoms with E-state index in [0.29, 0.717) is 12.3 Å². The molecule has 1 N–H and O–H groups in total. The Morgan fingerprint density at radius 2 is 1.74 bits per heavy atom. The highest BCUT2D eigenvalue weighted by Gasteiger charge is 2.30. The lowest BCUT2D eigenvalue weighted by molar-refractivity contribution is -0.139. The summed E-state index contributed by atoms with van der Waals surface area (Å²) < 4.78 is 44.7. The van der Waals surface area contributed by atoms with E-state index in [0.717, 1.165) is 22.2 Å². The summed E-state index contributed by atoms with van der Waals surface area (Å²) in [6, 6.07) is 11.1. The molecule has 0 saturated heterocycles. The molecule has 0 spiro atoms. The maximum atomic E-state index is 13.8. The summed E-state index contributed by atoms with van der Waals surface area (Å²) in [6.07, 6.45) is 0.942. The largest absolute Gasteiger partial charge is 0.497 e. The van der Waals surface area contributed by atoms with Gasteiger partial charge in [0, 0.05) is 13.1 Å². The molecule has 2 aromatic rings. The fraction of sp³-hybridized carbons (Fsp3) is 0.417. The van der Waals surface area contributed by atoms with E-state index in [2.05, 4.69) is 5.32 Å². The summed E-state index contributed by atoms with van der Waals surface area (Å²) in [7, 11) is -2.37. The molecule has 2 amide bonds. The summed E-state index contributed by atoms with van der Waals surface area (Å²) in [6.45, 7) is 5.42. The molecular weight excluding hydrogens is 461 g/mol. The molecule has 0 aliphatic heterocycles. The van der Waals surface area contributed by atoms with E-state index < -0.39 is 34.3 Å². The Balaban J connectivity index is 2.36. The molecule has 10 heteroatoms. The number of benzene rings is 2. The van der Waals surface area contributed by atoms with Crippen LogP contribution in [0.15, 0.2) is 48.5 Å². The molecule has 0 heterocycles. The van der Waals surface area contributed by atoms with Gasteiger partial charge in [-0.05, 0) is 48.7 Å². The zero-order valence-electron chi connectivity index (χ0n) is 20.1. The molecule has 0 aliphatic rings. The topological polar surface area (TPSA) is 96.0 Å². The van der Waals surface area contributed by atoms with Crippen molar-refractivity contribution >= 4 is 27.5 Å². The van der Waals surface area contributed by atoms with Gasteiger partial charge in [0.1, 0.15) is 24.2 Å². The molecule has 0 saturated carbocycles. The number of carbonyl (C=O) groups is 2. The van der Waals surface area contributed by atoms with Crippen LogP contribution in [0.1, 0.15) is 26.3 Å². The van der Waals surface area contributed by atoms with Crippen molar-refractivity contribution in [1.29, 1.82) is 0 Å². The average Bonchev–Trinajstić information content (AvgIpc) is 2.78. The molecule has 1 unspecified atom stereocenters. The second-order valence-electron chi connectivity index (χ2n) is 8.43. The van der Waals surface area contributed by atoms with Gasteiger partial charge in [-0.3, -0.25) is 13.9 Å². The van der Waals surface area contributed by atoms with Gasteiger partial charge in [-0.15, -0.1) is 0 Å². The predicted octanol–water partition coefficient (Wildman–Crippen LogP) is 2.79. The smallest absolute Gasteiger partial charge is 0.244 e. The van der Waals surface area contributed by atoms with Crippen LogP contribution >= 0.6 is 0 Å². The number of methoxy groups -OCH3 is 1. The third-order valence-electron chi connectivity index (χ3n) is 5.14. The van der Waals surface area contributed by atoms with E-state index in [9.17, 15) is 22.4 Å². The van der Waals surface area contributed by atoms with Crippen LogP contribution < -0.4 is 14.4 Å². The fourth-order valence-corrected chi connectivity index (χ4v) is 4.05. The molecule has 0 aromatic heterocycles. The highest BCUT2D eigenvalue weighted by Crippen LogP contribution is 2.20. The summed E-state index contributed by atoms with van der Waals surface area (Å²) in [5, 5.41) is 2.81. The Labute approximate surface area is 200 Å². The zero-order chi connectivity index (χ0) is 25.5. The first-order valence-corrected chi connectivity index (χ1v) is 12.7. The van der Waals surface area contributed by atoms with Crippen LogP contribution in [-0.2, 0) is 26.2 Å². The first kappa shape index (κ1) is 27.1. The van der Waals surface area contributed by atoms with Gasteiger partial charge in [0.25, 0.3) is 0 Å². The van der Waals surface area contributed by atoms with E-state index >= 15 is 0 Å². The van der Waals surface area contributed by atoms with Gasteiger partial charge in [-0.2, -0.15) is 0 Å². The van der Waals surface area contributed by atoms with Gasteiger partial charge >= 0.3 is 0 Å². The normalized spacial score (nSPS) is 12.2. The Hall–Kier alpha value is -3.14. The number of halogens is 1. The molecule has 0 bridgehead atoms. The van der Waals surface area contributed by atoms with Crippen LogP contribution in [0, 0.1) is 11.7 Å². The van der Waals surface area contributed by atoms with Crippen molar-refractivity contribution in [2.75, 3.05) is 30.8 Å². The Morgan fingerprint density at radius 3 is 2.26 bits per heavy atom. The highest BCUT2D eigenvalue weighted by molar-refractivity contribution is 7.92. The molecule has 186 valence electrons. The van der Waals surface area contributed by atoms with Crippen molar-refractivity contribution in [2.24, 2.45) is 5.92 Å². The molecule has 34 heavy (non-hydrogen) atoms. The number of nitrogens with one attached hydrogen (secondary N) is 1. The number of sulfonamides is 1. The number of carbonyl (C=O) groups excluding carboxylic acids is 2. The predicted molar refractivity (Wildman–Crippen MR) is 129 cm³/mol. The SMILES string of the molecule is COc1ccc(CN(C(=O)CN(c2cccc(F)c2)S(C)(=O)=O)C(C)C(=O)NCC(C)C)cc1. The summed E-state index contributed by atoms with van der Waals surface area (Å²) in [4.78, 5) is 27.5. The molecule has 0 radical (unpaired) electrons. The quantitative estimate of drug-likeness (QED) is 0.519. The number of nitrogens with zero attached hydrogens (tertiary/aromatic N) is 2. The Morgan fingerprint density at radius 1 is 1.09 bits per heavy atom. The highest BCUT2D eigenvalue weighted by atomic mass is 32.2. The van der Waals surface area contributed by atoms with Gasteiger partial charge in [-0.1, -0.05) is 32.0 Å². The van der Waals surface area contributed by atoms with E-state index in [-0.39, 0.29) is 24.1 Å². The van der Waals surface area contributed by atoms with Crippen LogP contribution in [0.5, 0.6) is 5.75 Å². The molecule has 2 aromatic carbocycles. The maximum absolute atomic E-state index is 13.8. The van der Waals surface area contributed by atoms with Gasteiger partial charge in [0.2, 0.25) is 21.8 Å². The summed E-state index contributed by atoms with van der Waals surface area (Å²) >= 11 is 0. The third-order valence-corrected chi connectivity index (χ3v) is 6.28. The van der Waals surface area contributed by atoms with Crippen molar-refractivity contribution in [3.8, 4) is 5.75 Å². The maximum Gasteiger partial charge on any atom is 0.244 e. The Kier molecular flexibility index (Phi) is 9.43. The molecule has 8 nitrogen and oxygen atoms in total. The van der Waals surface area contributed by atoms with Crippen LogP contribution in [0.4, 0.5) is 10.1 Å². The van der Waals surface area contributed by atoms with Crippen LogP contribution in [0.3, 0.4) is 0 Å². The first-order valence-electron chi connectivity index (χ1n) is 10.9. The second kappa shape index (κ2) is 11.8. The number of rotatable bonds is 11. The average molecular weight is 494 g/mol. The van der Waals surface area contributed by atoms with Crippen LogP contribution in [-0.4, -0.2) is 57.6 Å². The number of anilines is 1. The number of amides is 2. The van der Waals surface area contributed by atoms with Crippen LogP contribution in [0.2, 0.25) is 0 Å². The van der Waals surface area contributed by atoms with Crippen molar-refractivity contribution in [3.05, 3.63) is 59.9 Å². The van der Waals surface area contributed by atoms with Crippen LogP contribution in [0.25, 0.3) is 0 Å². The minimum absolute atomic E-state index is 0.0251. The number of hydrogen-bond acceptors (Lipinski definition) is 5. The minimum atomic E-state index is -3.91. The van der Waals surface area contributed by atoms with E-state index in [1.807, 2.05) is 13.8 Å². The molecule has 0 fully saturated rings. The number of ether oxygens (including phenoxy) is 1. The summed E-state index contributed by atoms with van der Waals surface area (Å²) in [5.74, 6) is -0.727. The van der Waals surface area contributed by atoms with Gasteiger partial charge in [0.15, 0.2) is 0 Å². The lowest BCUT2D eigenvalue weighted by Crippen LogP contribution is -2.51.